The highest BCUT2D eigenvalue weighted by atomic mass is 35.5. The molecule has 1 aromatic carbocycles. The first-order valence-electron chi connectivity index (χ1n) is 7.73. The molecule has 6 heteroatoms. The highest BCUT2D eigenvalue weighted by molar-refractivity contribution is 6.34. The number of hydrogen-bond acceptors (Lipinski definition) is 4. The second-order valence-electron chi connectivity index (χ2n) is 5.31. The molecule has 1 saturated heterocycles. The summed E-state index contributed by atoms with van der Waals surface area (Å²) in [5, 5.41) is 12.5. The molecule has 1 aromatic rings. The van der Waals surface area contributed by atoms with Gasteiger partial charge in [-0.05, 0) is 37.5 Å². The topological polar surface area (TPSA) is 61.8 Å². The molecule has 0 aromatic heterocycles. The van der Waals surface area contributed by atoms with Gasteiger partial charge in [0.1, 0.15) is 0 Å². The minimum atomic E-state index is -0.0391. The Hall–Kier alpha value is -1.30. The molecular weight excluding hydrogens is 304 g/mol. The molecule has 0 atom stereocenters. The molecule has 1 amide bonds. The Balaban J connectivity index is 1.89. The molecule has 1 heterocycles. The Morgan fingerprint density at radius 1 is 1.27 bits per heavy atom. The summed E-state index contributed by atoms with van der Waals surface area (Å²) in [7, 11) is 0. The van der Waals surface area contributed by atoms with E-state index in [9.17, 15) is 4.79 Å². The monoisotopic (exact) mass is 326 g/mol. The summed E-state index contributed by atoms with van der Waals surface area (Å²) in [6.07, 6.45) is 2.81. The number of amides is 1. The van der Waals surface area contributed by atoms with Crippen LogP contribution in [0.1, 0.15) is 29.6 Å². The number of ether oxygens (including phenoxy) is 1. The van der Waals surface area contributed by atoms with Crippen LogP contribution in [-0.2, 0) is 4.74 Å². The van der Waals surface area contributed by atoms with Crippen molar-refractivity contribution in [3.05, 3.63) is 28.8 Å². The quantitative estimate of drug-likeness (QED) is 0.755. The maximum atomic E-state index is 12.4. The molecule has 1 fully saturated rings. The minimum Gasteiger partial charge on any atom is -0.396 e. The van der Waals surface area contributed by atoms with Crippen LogP contribution in [0.25, 0.3) is 0 Å². The van der Waals surface area contributed by atoms with E-state index >= 15 is 0 Å². The van der Waals surface area contributed by atoms with Crippen LogP contribution in [0.2, 0.25) is 5.02 Å². The maximum absolute atomic E-state index is 12.4. The van der Waals surface area contributed by atoms with Crippen molar-refractivity contribution >= 4 is 23.2 Å². The number of rotatable bonds is 7. The first-order chi connectivity index (χ1) is 10.7. The fourth-order valence-corrected chi connectivity index (χ4v) is 2.64. The lowest BCUT2D eigenvalue weighted by Gasteiger charge is -2.27. The Labute approximate surface area is 136 Å². The van der Waals surface area contributed by atoms with Gasteiger partial charge in [-0.25, -0.2) is 0 Å². The summed E-state index contributed by atoms with van der Waals surface area (Å²) in [5.41, 5.74) is 1.45. The predicted octanol–water partition coefficient (Wildman–Crippen LogP) is 2.39. The van der Waals surface area contributed by atoms with Gasteiger partial charge >= 0.3 is 0 Å². The second-order valence-corrected chi connectivity index (χ2v) is 5.72. The van der Waals surface area contributed by atoms with Crippen molar-refractivity contribution in [1.29, 1.82) is 0 Å². The van der Waals surface area contributed by atoms with Gasteiger partial charge < -0.3 is 20.1 Å². The molecule has 2 rings (SSSR count). The van der Waals surface area contributed by atoms with E-state index in [1.807, 2.05) is 6.07 Å². The molecule has 22 heavy (non-hydrogen) atoms. The Kier molecular flexibility index (Phi) is 6.96. The molecule has 122 valence electrons. The van der Waals surface area contributed by atoms with Gasteiger partial charge in [0, 0.05) is 31.9 Å². The number of nitrogens with zero attached hydrogens (tertiary/aromatic N) is 1. The van der Waals surface area contributed by atoms with Gasteiger partial charge in [-0.3, -0.25) is 4.79 Å². The average molecular weight is 327 g/mol. The number of benzene rings is 1. The molecular formula is C16H23ClN2O3. The van der Waals surface area contributed by atoms with Crippen LogP contribution < -0.4 is 5.32 Å². The second kappa shape index (κ2) is 8.98. The number of halogens is 1. The van der Waals surface area contributed by atoms with Gasteiger partial charge in [-0.2, -0.15) is 0 Å². The summed E-state index contributed by atoms with van der Waals surface area (Å²) in [6.45, 7) is 3.45. The van der Waals surface area contributed by atoms with Gasteiger partial charge in [0.15, 0.2) is 0 Å². The zero-order valence-electron chi connectivity index (χ0n) is 12.7. The summed E-state index contributed by atoms with van der Waals surface area (Å²) in [4.78, 5) is 14.2. The number of carbonyl (C=O) groups is 1. The molecule has 1 aliphatic rings. The standard InChI is InChI=1S/C16H23ClN2O3/c17-15-12-13(18-6-2-1-3-9-20)4-5-14(15)16(21)19-7-10-22-11-8-19/h4-5,12,18,20H,1-3,6-11H2. The minimum absolute atomic E-state index is 0.0391. The fraction of sp³-hybridized carbons (Fsp3) is 0.562. The van der Waals surface area contributed by atoms with E-state index in [2.05, 4.69) is 5.32 Å². The number of aliphatic hydroxyl groups is 1. The lowest BCUT2D eigenvalue weighted by atomic mass is 10.1. The highest BCUT2D eigenvalue weighted by Gasteiger charge is 2.20. The lowest BCUT2D eigenvalue weighted by molar-refractivity contribution is 0.0303. The Morgan fingerprint density at radius 2 is 2.05 bits per heavy atom. The Bertz CT molecular complexity index is 490. The van der Waals surface area contributed by atoms with Crippen molar-refractivity contribution in [2.75, 3.05) is 44.8 Å². The van der Waals surface area contributed by atoms with Crippen LogP contribution in [0.15, 0.2) is 18.2 Å². The van der Waals surface area contributed by atoms with Crippen LogP contribution in [0.4, 0.5) is 5.69 Å². The summed E-state index contributed by atoms with van der Waals surface area (Å²) < 4.78 is 5.25. The van der Waals surface area contributed by atoms with Crippen LogP contribution in [-0.4, -0.2) is 55.4 Å². The summed E-state index contributed by atoms with van der Waals surface area (Å²) in [5.74, 6) is -0.0391. The summed E-state index contributed by atoms with van der Waals surface area (Å²) in [6, 6.07) is 5.45. The molecule has 0 bridgehead atoms. The zero-order chi connectivity index (χ0) is 15.8. The number of nitrogens with one attached hydrogen (secondary N) is 1. The SMILES string of the molecule is O=C(c1ccc(NCCCCCO)cc1Cl)N1CCOCC1. The van der Waals surface area contributed by atoms with Crippen molar-refractivity contribution in [1.82, 2.24) is 4.90 Å². The zero-order valence-corrected chi connectivity index (χ0v) is 13.4. The molecule has 5 nitrogen and oxygen atoms in total. The van der Waals surface area contributed by atoms with Crippen molar-refractivity contribution in [3.63, 3.8) is 0 Å². The van der Waals surface area contributed by atoms with E-state index in [1.54, 1.807) is 17.0 Å². The average Bonchev–Trinajstić information content (AvgIpc) is 2.55. The number of aliphatic hydroxyl groups excluding tert-OH is 1. The van der Waals surface area contributed by atoms with Gasteiger partial charge in [-0.15, -0.1) is 0 Å². The van der Waals surface area contributed by atoms with E-state index in [-0.39, 0.29) is 12.5 Å². The van der Waals surface area contributed by atoms with Crippen molar-refractivity contribution in [2.45, 2.75) is 19.3 Å². The van der Waals surface area contributed by atoms with E-state index in [1.165, 1.54) is 0 Å². The first-order valence-corrected chi connectivity index (χ1v) is 8.11. The molecule has 0 saturated carbocycles. The van der Waals surface area contributed by atoms with E-state index < -0.39 is 0 Å². The van der Waals surface area contributed by atoms with Crippen LogP contribution in [0.5, 0.6) is 0 Å². The van der Waals surface area contributed by atoms with E-state index in [0.717, 1.165) is 31.5 Å². The molecule has 2 N–H and O–H groups in total. The van der Waals surface area contributed by atoms with E-state index in [0.29, 0.717) is 36.9 Å². The van der Waals surface area contributed by atoms with Crippen LogP contribution in [0.3, 0.4) is 0 Å². The van der Waals surface area contributed by atoms with Crippen LogP contribution in [0, 0.1) is 0 Å². The smallest absolute Gasteiger partial charge is 0.255 e. The molecule has 0 aliphatic carbocycles. The fourth-order valence-electron chi connectivity index (χ4n) is 2.38. The predicted molar refractivity (Wildman–Crippen MR) is 87.6 cm³/mol. The summed E-state index contributed by atoms with van der Waals surface area (Å²) >= 11 is 6.25. The van der Waals surface area contributed by atoms with Gasteiger partial charge in [-0.1, -0.05) is 11.6 Å². The first kappa shape index (κ1) is 17.1. The van der Waals surface area contributed by atoms with Gasteiger partial charge in [0.25, 0.3) is 5.91 Å². The van der Waals surface area contributed by atoms with Crippen molar-refractivity contribution < 1.29 is 14.6 Å². The molecule has 0 spiro atoms. The maximum Gasteiger partial charge on any atom is 0.255 e. The number of unbranched alkanes of at least 4 members (excludes halogenated alkanes) is 2. The third-order valence-electron chi connectivity index (χ3n) is 3.66. The lowest BCUT2D eigenvalue weighted by Crippen LogP contribution is -2.40. The van der Waals surface area contributed by atoms with Crippen molar-refractivity contribution in [2.24, 2.45) is 0 Å². The third-order valence-corrected chi connectivity index (χ3v) is 3.97. The number of morpholine rings is 1. The Morgan fingerprint density at radius 3 is 2.73 bits per heavy atom. The molecule has 0 unspecified atom stereocenters. The normalized spacial score (nSPS) is 14.9. The molecule has 0 radical (unpaired) electrons. The number of carbonyl (C=O) groups excluding carboxylic acids is 1. The third kappa shape index (κ3) is 4.87. The molecule has 1 aliphatic heterocycles. The van der Waals surface area contributed by atoms with Gasteiger partial charge in [0.2, 0.25) is 0 Å². The largest absolute Gasteiger partial charge is 0.396 e. The highest BCUT2D eigenvalue weighted by Crippen LogP contribution is 2.23. The van der Waals surface area contributed by atoms with Crippen LogP contribution >= 0.6 is 11.6 Å². The van der Waals surface area contributed by atoms with Crippen molar-refractivity contribution in [3.8, 4) is 0 Å². The number of anilines is 1. The van der Waals surface area contributed by atoms with E-state index in [4.69, 9.17) is 21.4 Å². The van der Waals surface area contributed by atoms with Gasteiger partial charge in [0.05, 0.1) is 23.8 Å². The number of hydrogen-bond donors (Lipinski definition) is 2.